The summed E-state index contributed by atoms with van der Waals surface area (Å²) >= 11 is 0. The quantitative estimate of drug-likeness (QED) is 0.0261. The molecule has 0 aliphatic carbocycles. The predicted octanol–water partition coefficient (Wildman–Crippen LogP) is 22.5. The largest absolute Gasteiger partial charge is 0.462 e. The summed E-state index contributed by atoms with van der Waals surface area (Å²) in [5.41, 5.74) is 0. The zero-order valence-electron chi connectivity index (χ0n) is 51.5. The fourth-order valence-electron chi connectivity index (χ4n) is 8.44. The molecular weight excluding hydrogens is 985 g/mol. The second-order valence-electron chi connectivity index (χ2n) is 20.9. The van der Waals surface area contributed by atoms with Crippen LogP contribution in [0.2, 0.25) is 0 Å². The Labute approximate surface area is 492 Å². The van der Waals surface area contributed by atoms with Gasteiger partial charge in [-0.25, -0.2) is 0 Å². The molecule has 6 heteroatoms. The van der Waals surface area contributed by atoms with E-state index in [9.17, 15) is 14.4 Å². The number of unbranched alkanes of at least 4 members (excludes halogenated alkanes) is 20. The van der Waals surface area contributed by atoms with Crippen LogP contribution in [-0.4, -0.2) is 37.2 Å². The van der Waals surface area contributed by atoms with Crippen LogP contribution in [0.4, 0.5) is 0 Å². The topological polar surface area (TPSA) is 78.9 Å². The first kappa shape index (κ1) is 75.0. The second-order valence-corrected chi connectivity index (χ2v) is 20.9. The van der Waals surface area contributed by atoms with Crippen molar-refractivity contribution < 1.29 is 28.6 Å². The van der Waals surface area contributed by atoms with Gasteiger partial charge in [0.2, 0.25) is 0 Å². The second kappa shape index (κ2) is 66.5. The van der Waals surface area contributed by atoms with E-state index in [1.54, 1.807) is 0 Å². The number of allylic oxidation sites excluding steroid dienone is 26. The maximum absolute atomic E-state index is 12.9. The zero-order valence-corrected chi connectivity index (χ0v) is 51.5. The smallest absolute Gasteiger partial charge is 0.306 e. The molecule has 0 saturated carbocycles. The normalized spacial score (nSPS) is 13.2. The number of ether oxygens (including phenoxy) is 3. The molecule has 80 heavy (non-hydrogen) atoms. The van der Waals surface area contributed by atoms with Gasteiger partial charge in [-0.05, 0) is 148 Å². The van der Waals surface area contributed by atoms with E-state index in [4.69, 9.17) is 14.2 Å². The van der Waals surface area contributed by atoms with Gasteiger partial charge in [0.15, 0.2) is 6.10 Å². The number of rotatable bonds is 57. The summed E-state index contributed by atoms with van der Waals surface area (Å²) in [5.74, 6) is -0.939. The molecule has 0 aliphatic rings. The number of carbonyl (C=O) groups excluding carboxylic acids is 3. The van der Waals surface area contributed by atoms with Crippen molar-refractivity contribution in [2.75, 3.05) is 13.2 Å². The molecule has 0 fully saturated rings. The lowest BCUT2D eigenvalue weighted by Crippen LogP contribution is -2.30. The molecule has 450 valence electrons. The summed E-state index contributed by atoms with van der Waals surface area (Å²) in [5, 5.41) is 0. The summed E-state index contributed by atoms with van der Waals surface area (Å²) < 4.78 is 16.9. The van der Waals surface area contributed by atoms with E-state index in [2.05, 4.69) is 179 Å². The first-order valence-electron chi connectivity index (χ1n) is 32.5. The predicted molar refractivity (Wildman–Crippen MR) is 348 cm³/mol. The lowest BCUT2D eigenvalue weighted by Gasteiger charge is -2.18. The molecule has 0 aromatic heterocycles. The standard InChI is InChI=1S/C74H118O6/c1-4-7-10-13-16-19-22-25-27-29-31-32-33-34-35-36-37-38-39-40-41-42-44-45-47-49-52-55-58-61-64-67-73(76)79-70-71(69-78-72(75)66-63-60-57-54-51-24-21-18-15-12-9-6-3)80-74(77)68-65-62-59-56-53-50-48-46-43-30-28-26-23-20-17-14-11-8-5-2/h7-8,10-11,16-21,25-28,31-32,34-35,37-38,40-41,43-46,71H,4-6,9,12-15,22-24,29-30,33,36,39,42,47-70H2,1-3H3/b10-7-,11-8-,19-16-,20-17-,21-18-,27-25-,28-26-,32-31-,35-34-,38-37-,41-40-,45-44-,46-43-. The van der Waals surface area contributed by atoms with Crippen LogP contribution in [-0.2, 0) is 28.6 Å². The first-order valence-corrected chi connectivity index (χ1v) is 32.5. The van der Waals surface area contributed by atoms with Crippen LogP contribution in [0.15, 0.2) is 158 Å². The molecule has 6 nitrogen and oxygen atoms in total. The van der Waals surface area contributed by atoms with Crippen molar-refractivity contribution in [2.24, 2.45) is 0 Å². The molecule has 1 atom stereocenters. The van der Waals surface area contributed by atoms with Crippen LogP contribution in [0.1, 0.15) is 271 Å². The molecule has 1 unspecified atom stereocenters. The molecule has 0 rings (SSSR count). The Kier molecular flexibility index (Phi) is 62.4. The summed E-state index contributed by atoms with van der Waals surface area (Å²) in [6.45, 7) is 6.35. The third-order valence-electron chi connectivity index (χ3n) is 13.2. The molecule has 0 bridgehead atoms. The van der Waals surface area contributed by atoms with Gasteiger partial charge >= 0.3 is 17.9 Å². The van der Waals surface area contributed by atoms with Crippen molar-refractivity contribution >= 4 is 17.9 Å². The van der Waals surface area contributed by atoms with Crippen molar-refractivity contribution in [1.82, 2.24) is 0 Å². The summed E-state index contributed by atoms with van der Waals surface area (Å²) in [7, 11) is 0. The van der Waals surface area contributed by atoms with Crippen molar-refractivity contribution in [3.05, 3.63) is 158 Å². The van der Waals surface area contributed by atoms with Gasteiger partial charge in [-0.3, -0.25) is 14.4 Å². The Hall–Kier alpha value is -4.97. The molecule has 0 amide bonds. The highest BCUT2D eigenvalue weighted by atomic mass is 16.6. The zero-order chi connectivity index (χ0) is 57.8. The lowest BCUT2D eigenvalue weighted by molar-refractivity contribution is -0.167. The highest BCUT2D eigenvalue weighted by Gasteiger charge is 2.19. The van der Waals surface area contributed by atoms with Gasteiger partial charge in [0, 0.05) is 19.3 Å². The van der Waals surface area contributed by atoms with Gasteiger partial charge in [-0.15, -0.1) is 0 Å². The Morgan fingerprint density at radius 3 is 0.775 bits per heavy atom. The molecule has 0 saturated heterocycles. The van der Waals surface area contributed by atoms with Crippen molar-refractivity contribution in [1.29, 1.82) is 0 Å². The van der Waals surface area contributed by atoms with E-state index in [0.29, 0.717) is 19.3 Å². The lowest BCUT2D eigenvalue weighted by atomic mass is 10.1. The van der Waals surface area contributed by atoms with Crippen LogP contribution in [0.3, 0.4) is 0 Å². The Balaban J connectivity index is 4.37. The third-order valence-corrected chi connectivity index (χ3v) is 13.2. The van der Waals surface area contributed by atoms with Gasteiger partial charge < -0.3 is 14.2 Å². The Bertz CT molecular complexity index is 1790. The fourth-order valence-corrected chi connectivity index (χ4v) is 8.44. The molecule has 0 aliphatic heterocycles. The number of hydrogen-bond acceptors (Lipinski definition) is 6. The van der Waals surface area contributed by atoms with Crippen molar-refractivity contribution in [3.8, 4) is 0 Å². The maximum atomic E-state index is 12.9. The van der Waals surface area contributed by atoms with Gasteiger partial charge in [-0.1, -0.05) is 262 Å². The summed E-state index contributed by atoms with van der Waals surface area (Å²) in [6, 6.07) is 0. The van der Waals surface area contributed by atoms with Gasteiger partial charge in [0.25, 0.3) is 0 Å². The monoisotopic (exact) mass is 1100 g/mol. The maximum Gasteiger partial charge on any atom is 0.306 e. The van der Waals surface area contributed by atoms with E-state index in [0.717, 1.165) is 173 Å². The van der Waals surface area contributed by atoms with E-state index in [1.165, 1.54) is 57.8 Å². The van der Waals surface area contributed by atoms with E-state index in [-0.39, 0.29) is 31.1 Å². The molecular formula is C74H118O6. The Morgan fingerprint density at radius 2 is 0.487 bits per heavy atom. The first-order chi connectivity index (χ1) is 39.5. The van der Waals surface area contributed by atoms with Crippen molar-refractivity contribution in [2.45, 2.75) is 277 Å². The van der Waals surface area contributed by atoms with E-state index >= 15 is 0 Å². The molecule has 0 radical (unpaired) electrons. The average molecular weight is 1100 g/mol. The minimum Gasteiger partial charge on any atom is -0.462 e. The number of esters is 3. The van der Waals surface area contributed by atoms with Gasteiger partial charge in [0.1, 0.15) is 13.2 Å². The Morgan fingerprint density at radius 1 is 0.263 bits per heavy atom. The third kappa shape index (κ3) is 63.9. The molecule has 0 heterocycles. The number of carbonyl (C=O) groups is 3. The van der Waals surface area contributed by atoms with Crippen LogP contribution < -0.4 is 0 Å². The average Bonchev–Trinajstić information content (AvgIpc) is 3.46. The summed E-state index contributed by atoms with van der Waals surface area (Å²) in [4.78, 5) is 38.3. The number of hydrogen-bond donors (Lipinski definition) is 0. The summed E-state index contributed by atoms with van der Waals surface area (Å²) in [6.07, 6.45) is 96.7. The fraction of sp³-hybridized carbons (Fsp3) is 0.608. The van der Waals surface area contributed by atoms with Crippen LogP contribution >= 0.6 is 0 Å². The SMILES string of the molecule is CC/C=C\C/C=C\C/C=C\C/C=C\C/C=C\C/C=C\C/C=C\C/C=C\CCCCCCCCC(=O)OCC(COC(=O)CCCCCCC/C=C\CCCCC)OC(=O)CCCCCCCC/C=C\C/C=C\C/C=C\C/C=C\CC. The van der Waals surface area contributed by atoms with Crippen LogP contribution in [0.5, 0.6) is 0 Å². The van der Waals surface area contributed by atoms with Gasteiger partial charge in [-0.2, -0.15) is 0 Å². The minimum absolute atomic E-state index is 0.0985. The van der Waals surface area contributed by atoms with Crippen molar-refractivity contribution in [3.63, 3.8) is 0 Å². The van der Waals surface area contributed by atoms with Crippen LogP contribution in [0.25, 0.3) is 0 Å². The highest BCUT2D eigenvalue weighted by molar-refractivity contribution is 5.71. The molecule has 0 N–H and O–H groups in total. The van der Waals surface area contributed by atoms with E-state index < -0.39 is 6.10 Å². The van der Waals surface area contributed by atoms with Crippen LogP contribution in [0, 0.1) is 0 Å². The van der Waals surface area contributed by atoms with E-state index in [1.807, 2.05) is 0 Å². The van der Waals surface area contributed by atoms with Gasteiger partial charge in [0.05, 0.1) is 0 Å². The minimum atomic E-state index is -0.804. The molecule has 0 aromatic rings. The molecule has 0 spiro atoms. The molecule has 0 aromatic carbocycles. The highest BCUT2D eigenvalue weighted by Crippen LogP contribution is 2.14.